The van der Waals surface area contributed by atoms with Crippen molar-refractivity contribution in [1.29, 1.82) is 0 Å². The van der Waals surface area contributed by atoms with Gasteiger partial charge < -0.3 is 11.5 Å². The van der Waals surface area contributed by atoms with Gasteiger partial charge >= 0.3 is 0 Å². The van der Waals surface area contributed by atoms with Crippen molar-refractivity contribution >= 4 is 11.6 Å². The minimum Gasteiger partial charge on any atom is -0.382 e. The summed E-state index contributed by atoms with van der Waals surface area (Å²) in [6.07, 6.45) is 3.43. The molecule has 0 aliphatic carbocycles. The second-order valence-corrected chi connectivity index (χ2v) is 5.12. The van der Waals surface area contributed by atoms with Crippen LogP contribution in [-0.2, 0) is 0 Å². The quantitative estimate of drug-likeness (QED) is 0.566. The fourth-order valence-corrected chi connectivity index (χ4v) is 1.99. The first kappa shape index (κ1) is 16.9. The summed E-state index contributed by atoms with van der Waals surface area (Å²) in [5, 5.41) is 15.3. The third-order valence-electron chi connectivity index (χ3n) is 3.22. The molecule has 0 bridgehead atoms. The highest BCUT2D eigenvalue weighted by Gasteiger charge is 1.99. The number of hydrogen-bond acceptors (Lipinski definition) is 8. The van der Waals surface area contributed by atoms with Gasteiger partial charge in [-0.2, -0.15) is 0 Å². The van der Waals surface area contributed by atoms with Gasteiger partial charge in [-0.15, -0.1) is 20.4 Å². The van der Waals surface area contributed by atoms with Crippen molar-refractivity contribution < 1.29 is 0 Å². The number of anilines is 2. The first-order valence-corrected chi connectivity index (χ1v) is 7.73. The molecule has 0 atom stereocenters. The molecule has 0 radical (unpaired) electrons. The number of aromatic nitrogens is 6. The molecule has 4 rings (SSSR count). The lowest BCUT2D eigenvalue weighted by atomic mass is 10.2. The lowest BCUT2D eigenvalue weighted by Gasteiger charge is -1.97. The van der Waals surface area contributed by atoms with Gasteiger partial charge in [-0.25, -0.2) is 0 Å². The minimum atomic E-state index is 0.416. The molecule has 8 heteroatoms. The van der Waals surface area contributed by atoms with Gasteiger partial charge in [-0.3, -0.25) is 9.97 Å². The van der Waals surface area contributed by atoms with Crippen molar-refractivity contribution in [2.75, 3.05) is 11.5 Å². The van der Waals surface area contributed by atoms with Crippen molar-refractivity contribution in [3.63, 3.8) is 0 Å². The maximum Gasteiger partial charge on any atom is 0.146 e. The van der Waals surface area contributed by atoms with E-state index in [1.165, 1.54) is 0 Å². The summed E-state index contributed by atoms with van der Waals surface area (Å²) < 4.78 is 0. The van der Waals surface area contributed by atoms with E-state index < -0.39 is 0 Å². The Balaban J connectivity index is 0.000000151. The summed E-state index contributed by atoms with van der Waals surface area (Å²) in [6, 6.07) is 18.3. The summed E-state index contributed by atoms with van der Waals surface area (Å²) in [5.74, 6) is 0.833. The van der Waals surface area contributed by atoms with E-state index in [4.69, 9.17) is 11.5 Å². The van der Waals surface area contributed by atoms with Gasteiger partial charge in [0.25, 0.3) is 0 Å². The first-order chi connectivity index (χ1) is 12.7. The molecule has 0 saturated heterocycles. The second kappa shape index (κ2) is 8.25. The molecule has 0 aromatic carbocycles. The standard InChI is InChI=1S/2C9H8N4/c2*10-9-5-4-8(12-13-9)7-3-1-2-6-11-7/h2*1-6H,(H2,10,13). The topological polar surface area (TPSA) is 129 Å². The molecule has 8 nitrogen and oxygen atoms in total. The highest BCUT2D eigenvalue weighted by Crippen LogP contribution is 2.12. The zero-order valence-corrected chi connectivity index (χ0v) is 13.8. The van der Waals surface area contributed by atoms with E-state index in [0.29, 0.717) is 11.6 Å². The summed E-state index contributed by atoms with van der Waals surface area (Å²) in [6.45, 7) is 0. The van der Waals surface area contributed by atoms with Crippen molar-refractivity contribution in [2.24, 2.45) is 0 Å². The fourth-order valence-electron chi connectivity index (χ4n) is 1.99. The molecule has 128 valence electrons. The summed E-state index contributed by atoms with van der Waals surface area (Å²) in [7, 11) is 0. The van der Waals surface area contributed by atoms with E-state index in [2.05, 4.69) is 30.4 Å². The average molecular weight is 344 g/mol. The Morgan fingerprint density at radius 1 is 0.462 bits per heavy atom. The smallest absolute Gasteiger partial charge is 0.146 e. The lowest BCUT2D eigenvalue weighted by Crippen LogP contribution is -1.94. The zero-order chi connectivity index (χ0) is 18.2. The predicted octanol–water partition coefficient (Wildman–Crippen LogP) is 2.24. The largest absolute Gasteiger partial charge is 0.382 e. The van der Waals surface area contributed by atoms with Crippen molar-refractivity contribution in [1.82, 2.24) is 30.4 Å². The Morgan fingerprint density at radius 2 is 0.923 bits per heavy atom. The van der Waals surface area contributed by atoms with Gasteiger partial charge in [0.2, 0.25) is 0 Å². The molecule has 0 saturated carbocycles. The molecule has 0 unspecified atom stereocenters. The van der Waals surface area contributed by atoms with Crippen LogP contribution >= 0.6 is 0 Å². The third kappa shape index (κ3) is 4.54. The Morgan fingerprint density at radius 3 is 1.23 bits per heavy atom. The van der Waals surface area contributed by atoms with Gasteiger partial charge in [-0.05, 0) is 48.5 Å². The van der Waals surface area contributed by atoms with Crippen molar-refractivity contribution in [3.8, 4) is 22.8 Å². The van der Waals surface area contributed by atoms with Crippen LogP contribution in [0.4, 0.5) is 11.6 Å². The van der Waals surface area contributed by atoms with Crippen LogP contribution in [0.5, 0.6) is 0 Å². The number of hydrogen-bond donors (Lipinski definition) is 2. The SMILES string of the molecule is Nc1ccc(-c2ccccn2)nn1.Nc1ccc(-c2ccccn2)nn1. The third-order valence-corrected chi connectivity index (χ3v) is 3.22. The maximum atomic E-state index is 5.41. The van der Waals surface area contributed by atoms with Crippen LogP contribution in [0.15, 0.2) is 73.1 Å². The monoisotopic (exact) mass is 344 g/mol. The molecule has 0 spiro atoms. The van der Waals surface area contributed by atoms with Crippen LogP contribution in [-0.4, -0.2) is 30.4 Å². The summed E-state index contributed by atoms with van der Waals surface area (Å²) >= 11 is 0. The molecule has 0 amide bonds. The van der Waals surface area contributed by atoms with Crippen LogP contribution in [0.1, 0.15) is 0 Å². The maximum absolute atomic E-state index is 5.41. The number of nitrogen functional groups attached to an aromatic ring is 2. The van der Waals surface area contributed by atoms with Gasteiger partial charge in [0.15, 0.2) is 0 Å². The van der Waals surface area contributed by atoms with Crippen molar-refractivity contribution in [3.05, 3.63) is 73.1 Å². The van der Waals surface area contributed by atoms with Gasteiger partial charge in [-0.1, -0.05) is 12.1 Å². The normalized spacial score (nSPS) is 9.85. The Labute approximate surface area is 150 Å². The van der Waals surface area contributed by atoms with Crippen LogP contribution in [0.2, 0.25) is 0 Å². The van der Waals surface area contributed by atoms with Crippen LogP contribution in [0.3, 0.4) is 0 Å². The molecular weight excluding hydrogens is 328 g/mol. The predicted molar refractivity (Wildman–Crippen MR) is 99.4 cm³/mol. The Hall–Kier alpha value is -3.94. The molecule has 26 heavy (non-hydrogen) atoms. The Bertz CT molecular complexity index is 845. The Kier molecular flexibility index (Phi) is 5.36. The van der Waals surface area contributed by atoms with Crippen LogP contribution in [0.25, 0.3) is 22.8 Å². The fraction of sp³-hybridized carbons (Fsp3) is 0. The molecule has 4 aromatic rings. The van der Waals surface area contributed by atoms with Crippen molar-refractivity contribution in [2.45, 2.75) is 0 Å². The average Bonchev–Trinajstić information content (AvgIpc) is 2.71. The van der Waals surface area contributed by atoms with E-state index >= 15 is 0 Å². The van der Waals surface area contributed by atoms with E-state index in [1.807, 2.05) is 36.4 Å². The lowest BCUT2D eigenvalue weighted by molar-refractivity contribution is 1.04. The summed E-state index contributed by atoms with van der Waals surface area (Å²) in [5.41, 5.74) is 13.9. The van der Waals surface area contributed by atoms with Gasteiger partial charge in [0, 0.05) is 12.4 Å². The number of rotatable bonds is 2. The molecule has 4 N–H and O–H groups in total. The minimum absolute atomic E-state index is 0.416. The molecule has 0 aliphatic rings. The molecule has 4 aromatic heterocycles. The molecule has 0 aliphatic heterocycles. The molecular formula is C18H16N8. The van der Waals surface area contributed by atoms with E-state index in [-0.39, 0.29) is 0 Å². The van der Waals surface area contributed by atoms with Gasteiger partial charge in [0.1, 0.15) is 23.0 Å². The number of pyridine rings is 2. The zero-order valence-electron chi connectivity index (χ0n) is 13.8. The first-order valence-electron chi connectivity index (χ1n) is 7.73. The van der Waals surface area contributed by atoms with E-state index in [9.17, 15) is 0 Å². The van der Waals surface area contributed by atoms with Crippen LogP contribution in [0, 0.1) is 0 Å². The second-order valence-electron chi connectivity index (χ2n) is 5.12. The molecule has 4 heterocycles. The van der Waals surface area contributed by atoms with Gasteiger partial charge in [0.05, 0.1) is 11.4 Å². The highest BCUT2D eigenvalue weighted by atomic mass is 15.1. The van der Waals surface area contributed by atoms with E-state index in [0.717, 1.165) is 22.8 Å². The van der Waals surface area contributed by atoms with E-state index in [1.54, 1.807) is 36.7 Å². The van der Waals surface area contributed by atoms with Crippen LogP contribution < -0.4 is 11.5 Å². The summed E-state index contributed by atoms with van der Waals surface area (Å²) in [4.78, 5) is 8.27. The molecule has 0 fully saturated rings. The number of nitrogens with two attached hydrogens (primary N) is 2. The number of nitrogens with zero attached hydrogens (tertiary/aromatic N) is 6. The highest BCUT2D eigenvalue weighted by molar-refractivity contribution is 5.54.